The Morgan fingerprint density at radius 1 is 1.61 bits per heavy atom. The second-order valence-corrected chi connectivity index (χ2v) is 3.13. The van der Waals surface area contributed by atoms with Gasteiger partial charge in [-0.3, -0.25) is 19.9 Å². The molecule has 0 aliphatic rings. The van der Waals surface area contributed by atoms with Crippen LogP contribution in [0, 0.1) is 15.9 Å². The number of methoxy groups -OCH3 is 1. The molecule has 0 saturated heterocycles. The number of ether oxygens (including phenoxy) is 1. The number of rotatable bonds is 4. The Morgan fingerprint density at radius 2 is 2.22 bits per heavy atom. The van der Waals surface area contributed by atoms with Crippen LogP contribution in [0.4, 0.5) is 18.9 Å². The van der Waals surface area contributed by atoms with Crippen LogP contribution in [0.15, 0.2) is 6.20 Å². The summed E-state index contributed by atoms with van der Waals surface area (Å²) in [4.78, 5) is 23.4. The van der Waals surface area contributed by atoms with Crippen molar-refractivity contribution in [2.45, 2.75) is 12.8 Å². The summed E-state index contributed by atoms with van der Waals surface area (Å²) < 4.78 is 43.0. The third kappa shape index (κ3) is 2.73. The first-order valence-corrected chi connectivity index (χ1v) is 4.55. The van der Waals surface area contributed by atoms with Gasteiger partial charge in [-0.25, -0.2) is 8.78 Å². The molecule has 6 nitrogen and oxygen atoms in total. The largest absolute Gasteiger partial charge is 0.469 e. The molecule has 0 amide bonds. The lowest BCUT2D eigenvalue weighted by molar-refractivity contribution is -0.388. The number of pyridine rings is 1. The molecule has 0 unspecified atom stereocenters. The van der Waals surface area contributed by atoms with Crippen LogP contribution < -0.4 is 0 Å². The van der Waals surface area contributed by atoms with E-state index in [9.17, 15) is 28.1 Å². The lowest BCUT2D eigenvalue weighted by Crippen LogP contribution is -2.12. The topological polar surface area (TPSA) is 82.3 Å². The number of carbonyl (C=O) groups is 1. The molecule has 0 bridgehead atoms. The van der Waals surface area contributed by atoms with Gasteiger partial charge in [0.2, 0.25) is 5.82 Å². The molecule has 0 saturated carbocycles. The molecule has 9 heteroatoms. The molecule has 0 fully saturated rings. The van der Waals surface area contributed by atoms with Gasteiger partial charge in [0.15, 0.2) is 0 Å². The highest BCUT2D eigenvalue weighted by molar-refractivity contribution is 5.72. The fraction of sp³-hybridized carbons (Fsp3) is 0.333. The first-order chi connectivity index (χ1) is 8.38. The third-order valence-corrected chi connectivity index (χ3v) is 2.07. The number of halogens is 3. The van der Waals surface area contributed by atoms with E-state index in [2.05, 4.69) is 9.72 Å². The Balaban J connectivity index is 3.32. The zero-order valence-electron chi connectivity index (χ0n) is 9.02. The number of nitro groups is 1. The first kappa shape index (κ1) is 13.9. The number of hydrogen-bond acceptors (Lipinski definition) is 5. The minimum Gasteiger partial charge on any atom is -0.469 e. The summed E-state index contributed by atoms with van der Waals surface area (Å²) in [6.07, 6.45) is -3.53. The van der Waals surface area contributed by atoms with E-state index >= 15 is 0 Å². The van der Waals surface area contributed by atoms with E-state index in [-0.39, 0.29) is 0 Å². The van der Waals surface area contributed by atoms with Crippen molar-refractivity contribution in [3.8, 4) is 0 Å². The minimum atomic E-state index is -3.32. The molecule has 0 aliphatic heterocycles. The molecule has 0 atom stereocenters. The summed E-state index contributed by atoms with van der Waals surface area (Å²) in [7, 11) is 1.02. The Morgan fingerprint density at radius 3 is 2.67 bits per heavy atom. The predicted molar refractivity (Wildman–Crippen MR) is 51.5 cm³/mol. The van der Waals surface area contributed by atoms with Gasteiger partial charge in [0.25, 0.3) is 6.43 Å². The van der Waals surface area contributed by atoms with Crippen LogP contribution in [0.1, 0.15) is 17.7 Å². The van der Waals surface area contributed by atoms with Crippen molar-refractivity contribution in [1.82, 2.24) is 4.98 Å². The second kappa shape index (κ2) is 5.43. The monoisotopic (exact) mass is 264 g/mol. The number of hydrogen-bond donors (Lipinski definition) is 0. The Bertz CT molecular complexity index is 493. The van der Waals surface area contributed by atoms with Crippen LogP contribution in [0.3, 0.4) is 0 Å². The Labute approximate surface area is 98.5 Å². The number of aromatic nitrogens is 1. The first-order valence-electron chi connectivity index (χ1n) is 4.55. The maximum atomic E-state index is 13.5. The van der Waals surface area contributed by atoms with Crippen molar-refractivity contribution in [2.75, 3.05) is 7.11 Å². The fourth-order valence-corrected chi connectivity index (χ4v) is 1.23. The highest BCUT2D eigenvalue weighted by atomic mass is 19.3. The molecular weight excluding hydrogens is 257 g/mol. The van der Waals surface area contributed by atoms with E-state index in [0.717, 1.165) is 7.11 Å². The highest BCUT2D eigenvalue weighted by Crippen LogP contribution is 2.30. The van der Waals surface area contributed by atoms with E-state index in [1.54, 1.807) is 0 Å². The molecule has 0 aliphatic carbocycles. The Kier molecular flexibility index (Phi) is 4.18. The average molecular weight is 264 g/mol. The summed E-state index contributed by atoms with van der Waals surface area (Å²) in [6.45, 7) is 0. The van der Waals surface area contributed by atoms with Crippen LogP contribution in [0.25, 0.3) is 0 Å². The van der Waals surface area contributed by atoms with Gasteiger partial charge in [-0.2, -0.15) is 4.39 Å². The summed E-state index contributed by atoms with van der Waals surface area (Å²) in [5.74, 6) is -2.60. The summed E-state index contributed by atoms with van der Waals surface area (Å²) in [6, 6.07) is 0. The maximum absolute atomic E-state index is 13.5. The number of carbonyl (C=O) groups excluding carboxylic acids is 1. The fourth-order valence-electron chi connectivity index (χ4n) is 1.23. The normalized spacial score (nSPS) is 10.5. The molecule has 0 N–H and O–H groups in total. The van der Waals surface area contributed by atoms with Gasteiger partial charge in [-0.15, -0.1) is 0 Å². The van der Waals surface area contributed by atoms with Crippen LogP contribution >= 0.6 is 0 Å². The van der Waals surface area contributed by atoms with Crippen molar-refractivity contribution >= 4 is 11.7 Å². The van der Waals surface area contributed by atoms with Crippen molar-refractivity contribution in [1.29, 1.82) is 0 Å². The molecular formula is C9H7F3N2O4. The maximum Gasteiger partial charge on any atom is 0.323 e. The quantitative estimate of drug-likeness (QED) is 0.470. The van der Waals surface area contributed by atoms with Gasteiger partial charge in [-0.1, -0.05) is 0 Å². The van der Waals surface area contributed by atoms with Gasteiger partial charge >= 0.3 is 11.7 Å². The molecule has 1 rings (SSSR count). The zero-order chi connectivity index (χ0) is 13.9. The van der Waals surface area contributed by atoms with Crippen LogP contribution in [-0.4, -0.2) is 23.0 Å². The van der Waals surface area contributed by atoms with Crippen molar-refractivity contribution in [3.63, 3.8) is 0 Å². The average Bonchev–Trinajstić information content (AvgIpc) is 2.27. The van der Waals surface area contributed by atoms with Crippen LogP contribution in [-0.2, 0) is 16.0 Å². The van der Waals surface area contributed by atoms with E-state index in [4.69, 9.17) is 0 Å². The molecule has 1 heterocycles. The van der Waals surface area contributed by atoms with E-state index in [1.165, 1.54) is 0 Å². The SMILES string of the molecule is COC(=O)Cc1ncc([N+](=O)[O-])c(F)c1C(F)F. The smallest absolute Gasteiger partial charge is 0.323 e. The molecule has 1 aromatic rings. The van der Waals surface area contributed by atoms with Crippen molar-refractivity contribution in [2.24, 2.45) is 0 Å². The molecule has 0 spiro atoms. The van der Waals surface area contributed by atoms with Gasteiger partial charge in [-0.05, 0) is 0 Å². The van der Waals surface area contributed by atoms with Crippen LogP contribution in [0.2, 0.25) is 0 Å². The number of alkyl halides is 2. The summed E-state index contributed by atoms with van der Waals surface area (Å²) in [5.41, 5.74) is -3.01. The molecule has 98 valence electrons. The predicted octanol–water partition coefficient (Wildman–Crippen LogP) is 1.78. The number of nitrogens with zero attached hydrogens (tertiary/aromatic N) is 2. The lowest BCUT2D eigenvalue weighted by atomic mass is 10.1. The van der Waals surface area contributed by atoms with Crippen molar-refractivity contribution in [3.05, 3.63) is 33.4 Å². The van der Waals surface area contributed by atoms with Gasteiger partial charge in [0, 0.05) is 0 Å². The van der Waals surface area contributed by atoms with E-state index < -0.39 is 46.5 Å². The van der Waals surface area contributed by atoms with Crippen LogP contribution in [0.5, 0.6) is 0 Å². The Hall–Kier alpha value is -2.19. The van der Waals surface area contributed by atoms with Gasteiger partial charge in [0.05, 0.1) is 29.7 Å². The molecule has 0 radical (unpaired) electrons. The molecule has 1 aromatic heterocycles. The molecule has 0 aromatic carbocycles. The van der Waals surface area contributed by atoms with E-state index in [0.29, 0.717) is 6.20 Å². The minimum absolute atomic E-state index is 0.486. The lowest BCUT2D eigenvalue weighted by Gasteiger charge is -2.08. The standard InChI is InChI=1S/C9H7F3N2O4/c1-18-6(15)2-4-7(9(11)12)8(10)5(3-13-4)14(16)17/h3,9H,2H2,1H3. The van der Waals surface area contributed by atoms with Gasteiger partial charge in [0.1, 0.15) is 6.20 Å². The number of esters is 1. The van der Waals surface area contributed by atoms with Gasteiger partial charge < -0.3 is 4.74 Å². The highest BCUT2D eigenvalue weighted by Gasteiger charge is 2.28. The van der Waals surface area contributed by atoms with Crippen molar-refractivity contribution < 1.29 is 27.6 Å². The summed E-state index contributed by atoms with van der Waals surface area (Å²) >= 11 is 0. The summed E-state index contributed by atoms with van der Waals surface area (Å²) in [5, 5.41) is 10.4. The van der Waals surface area contributed by atoms with E-state index in [1.807, 2.05) is 0 Å². The third-order valence-electron chi connectivity index (χ3n) is 2.07. The molecule has 18 heavy (non-hydrogen) atoms. The second-order valence-electron chi connectivity index (χ2n) is 3.13. The zero-order valence-corrected chi connectivity index (χ0v) is 9.02.